The predicted molar refractivity (Wildman–Crippen MR) is 164 cm³/mol. The monoisotopic (exact) mass is 668 g/mol. The Hall–Kier alpha value is -4.39. The number of hydrogen-bond acceptors (Lipinski definition) is 6. The maximum Gasteiger partial charge on any atom is 0.329 e. The summed E-state index contributed by atoms with van der Waals surface area (Å²) in [6.45, 7) is 3.45. The lowest BCUT2D eigenvalue weighted by Gasteiger charge is -2.15. The molecule has 0 aromatic heterocycles. The van der Waals surface area contributed by atoms with Gasteiger partial charge in [0.05, 0.1) is 10.2 Å². The molecule has 41 heavy (non-hydrogen) atoms. The highest BCUT2D eigenvalue weighted by Gasteiger charge is 2.35. The van der Waals surface area contributed by atoms with Crippen LogP contribution in [0.2, 0.25) is 0 Å². The van der Waals surface area contributed by atoms with Gasteiger partial charge in [0.25, 0.3) is 11.8 Å². The molecule has 0 spiro atoms. The second-order valence-corrected chi connectivity index (χ2v) is 10.1. The summed E-state index contributed by atoms with van der Waals surface area (Å²) >= 11 is 2.05. The molecule has 10 nitrogen and oxygen atoms in total. The largest absolute Gasteiger partial charge is 0.490 e. The van der Waals surface area contributed by atoms with Gasteiger partial charge >= 0.3 is 6.03 Å². The minimum Gasteiger partial charge on any atom is -0.490 e. The van der Waals surface area contributed by atoms with E-state index in [1.165, 1.54) is 6.08 Å². The van der Waals surface area contributed by atoms with Crippen molar-refractivity contribution < 1.29 is 28.7 Å². The molecule has 1 fully saturated rings. The second kappa shape index (κ2) is 13.8. The van der Waals surface area contributed by atoms with Crippen molar-refractivity contribution >= 4 is 63.8 Å². The molecular formula is C30H29IN4O6. The maximum atomic E-state index is 13.0. The number of rotatable bonds is 11. The Kier molecular flexibility index (Phi) is 9.95. The first-order valence-corrected chi connectivity index (χ1v) is 14.0. The van der Waals surface area contributed by atoms with E-state index < -0.39 is 24.4 Å². The lowest BCUT2D eigenvalue weighted by Crippen LogP contribution is -2.38. The molecule has 3 aromatic carbocycles. The van der Waals surface area contributed by atoms with Gasteiger partial charge in [-0.2, -0.15) is 0 Å². The third-order valence-corrected chi connectivity index (χ3v) is 6.79. The van der Waals surface area contributed by atoms with Gasteiger partial charge in [0, 0.05) is 11.4 Å². The zero-order valence-electron chi connectivity index (χ0n) is 22.5. The normalized spacial score (nSPS) is 13.6. The van der Waals surface area contributed by atoms with E-state index in [0.717, 1.165) is 16.9 Å². The number of imide groups is 1. The van der Waals surface area contributed by atoms with Crippen molar-refractivity contribution in [2.75, 3.05) is 30.4 Å². The van der Waals surface area contributed by atoms with E-state index in [-0.39, 0.29) is 18.2 Å². The maximum absolute atomic E-state index is 13.0. The van der Waals surface area contributed by atoms with Crippen LogP contribution in [-0.2, 0) is 20.8 Å². The first-order valence-electron chi connectivity index (χ1n) is 12.9. The Morgan fingerprint density at radius 3 is 2.41 bits per heavy atom. The summed E-state index contributed by atoms with van der Waals surface area (Å²) in [4.78, 5) is 51.4. The average Bonchev–Trinajstić information content (AvgIpc) is 3.20. The van der Waals surface area contributed by atoms with Crippen molar-refractivity contribution in [3.05, 3.63) is 87.1 Å². The van der Waals surface area contributed by atoms with Gasteiger partial charge in [-0.05, 0) is 83.5 Å². The highest BCUT2D eigenvalue weighted by atomic mass is 127. The van der Waals surface area contributed by atoms with E-state index in [0.29, 0.717) is 38.6 Å². The van der Waals surface area contributed by atoms with Crippen LogP contribution in [0.15, 0.2) is 72.4 Å². The Morgan fingerprint density at radius 2 is 1.68 bits per heavy atom. The van der Waals surface area contributed by atoms with E-state index in [2.05, 4.69) is 38.5 Å². The summed E-state index contributed by atoms with van der Waals surface area (Å²) in [5, 5.41) is 8.07. The quantitative estimate of drug-likeness (QED) is 0.153. The van der Waals surface area contributed by atoms with Crippen LogP contribution in [-0.4, -0.2) is 48.4 Å². The van der Waals surface area contributed by atoms with Crippen LogP contribution in [0.4, 0.5) is 16.2 Å². The molecule has 3 aromatic rings. The van der Waals surface area contributed by atoms with Crippen LogP contribution in [0.1, 0.15) is 25.0 Å². The third-order valence-electron chi connectivity index (χ3n) is 5.98. The minimum absolute atomic E-state index is 0.0194. The molecule has 1 aliphatic rings. The van der Waals surface area contributed by atoms with Crippen LogP contribution in [0, 0.1) is 3.57 Å². The molecule has 0 unspecified atom stereocenters. The molecule has 3 N–H and O–H groups in total. The number of hydrogen-bond donors (Lipinski definition) is 3. The van der Waals surface area contributed by atoms with Crippen LogP contribution >= 0.6 is 22.6 Å². The Balaban J connectivity index is 1.45. The molecule has 212 valence electrons. The fourth-order valence-electron chi connectivity index (χ4n) is 4.10. The molecule has 5 amide bonds. The van der Waals surface area contributed by atoms with Gasteiger partial charge in [-0.1, -0.05) is 43.3 Å². The summed E-state index contributed by atoms with van der Waals surface area (Å²) in [6.07, 6.45) is 2.22. The summed E-state index contributed by atoms with van der Waals surface area (Å²) in [5.41, 5.74) is 2.82. The van der Waals surface area contributed by atoms with E-state index in [9.17, 15) is 19.2 Å². The SMILES string of the molecule is CCOc1cc(/C=C2/NC(=O)N(CC(=O)Nc3ccccc3CC)C2=O)cc(I)c1OCC(=O)Nc1ccccc1. The fourth-order valence-corrected chi connectivity index (χ4v) is 4.88. The van der Waals surface area contributed by atoms with E-state index in [1.807, 2.05) is 44.2 Å². The number of anilines is 2. The zero-order valence-corrected chi connectivity index (χ0v) is 24.7. The topological polar surface area (TPSA) is 126 Å². The van der Waals surface area contributed by atoms with Gasteiger partial charge in [-0.25, -0.2) is 9.69 Å². The van der Waals surface area contributed by atoms with Gasteiger partial charge in [0.15, 0.2) is 18.1 Å². The Morgan fingerprint density at radius 1 is 0.951 bits per heavy atom. The smallest absolute Gasteiger partial charge is 0.329 e. The number of urea groups is 1. The van der Waals surface area contributed by atoms with E-state index in [1.54, 1.807) is 36.4 Å². The van der Waals surface area contributed by atoms with Crippen molar-refractivity contribution in [1.82, 2.24) is 10.2 Å². The molecule has 1 saturated heterocycles. The molecular weight excluding hydrogens is 639 g/mol. The molecule has 0 aliphatic carbocycles. The molecule has 0 saturated carbocycles. The number of para-hydroxylation sites is 2. The molecule has 0 atom stereocenters. The number of halogens is 1. The Bertz CT molecular complexity index is 1490. The lowest BCUT2D eigenvalue weighted by molar-refractivity contribution is -0.127. The Labute approximate surface area is 251 Å². The minimum atomic E-state index is -0.690. The van der Waals surface area contributed by atoms with Gasteiger partial charge < -0.3 is 25.4 Å². The molecule has 1 aliphatic heterocycles. The van der Waals surface area contributed by atoms with Crippen LogP contribution in [0.25, 0.3) is 6.08 Å². The number of nitrogens with one attached hydrogen (secondary N) is 3. The summed E-state index contributed by atoms with van der Waals surface area (Å²) in [6, 6.07) is 19.1. The van der Waals surface area contributed by atoms with Crippen molar-refractivity contribution in [3.63, 3.8) is 0 Å². The third kappa shape index (κ3) is 7.63. The molecule has 0 radical (unpaired) electrons. The second-order valence-electron chi connectivity index (χ2n) is 8.90. The van der Waals surface area contributed by atoms with E-state index >= 15 is 0 Å². The standard InChI is InChI=1S/C30H29IN4O6/c1-3-20-10-8-9-13-23(20)33-26(36)17-35-29(38)24(34-30(35)39)15-19-14-22(31)28(25(16-19)40-4-2)41-18-27(37)32-21-11-6-5-7-12-21/h5-16H,3-4,17-18H2,1-2H3,(H,32,37)(H,33,36)(H,34,39)/b24-15+. The molecule has 1 heterocycles. The number of aryl methyl sites for hydroxylation is 1. The number of benzene rings is 3. The molecule has 0 bridgehead atoms. The summed E-state index contributed by atoms with van der Waals surface area (Å²) < 4.78 is 12.2. The van der Waals surface area contributed by atoms with Crippen molar-refractivity contribution in [3.8, 4) is 11.5 Å². The first kappa shape index (κ1) is 29.6. The van der Waals surface area contributed by atoms with Gasteiger partial charge in [0.1, 0.15) is 12.2 Å². The summed E-state index contributed by atoms with van der Waals surface area (Å²) in [5.74, 6) is -0.685. The molecule has 11 heteroatoms. The van der Waals surface area contributed by atoms with Crippen LogP contribution in [0.5, 0.6) is 11.5 Å². The van der Waals surface area contributed by atoms with Gasteiger partial charge in [-0.3, -0.25) is 14.4 Å². The number of carbonyl (C=O) groups is 4. The van der Waals surface area contributed by atoms with Crippen molar-refractivity contribution in [2.45, 2.75) is 20.3 Å². The number of amides is 5. The average molecular weight is 668 g/mol. The highest BCUT2D eigenvalue weighted by Crippen LogP contribution is 2.35. The lowest BCUT2D eigenvalue weighted by atomic mass is 10.1. The van der Waals surface area contributed by atoms with Crippen molar-refractivity contribution in [1.29, 1.82) is 0 Å². The van der Waals surface area contributed by atoms with Crippen LogP contribution in [0.3, 0.4) is 0 Å². The highest BCUT2D eigenvalue weighted by molar-refractivity contribution is 14.1. The fraction of sp³-hybridized carbons (Fsp3) is 0.200. The molecule has 4 rings (SSSR count). The number of ether oxygens (including phenoxy) is 2. The summed E-state index contributed by atoms with van der Waals surface area (Å²) in [7, 11) is 0. The van der Waals surface area contributed by atoms with Crippen molar-refractivity contribution in [2.24, 2.45) is 0 Å². The zero-order chi connectivity index (χ0) is 29.4. The number of nitrogens with zero attached hydrogens (tertiary/aromatic N) is 1. The number of carbonyl (C=O) groups excluding carboxylic acids is 4. The van der Waals surface area contributed by atoms with E-state index in [4.69, 9.17) is 9.47 Å². The van der Waals surface area contributed by atoms with Crippen LogP contribution < -0.4 is 25.4 Å². The first-order chi connectivity index (χ1) is 19.8. The predicted octanol–water partition coefficient (Wildman–Crippen LogP) is 4.80. The van der Waals surface area contributed by atoms with Gasteiger partial charge in [-0.15, -0.1) is 0 Å². The van der Waals surface area contributed by atoms with Gasteiger partial charge in [0.2, 0.25) is 5.91 Å².